The molecule has 0 spiro atoms. The van der Waals surface area contributed by atoms with E-state index in [1.165, 1.54) is 12.1 Å². The smallest absolute Gasteiger partial charge is 0.123 e. The third kappa shape index (κ3) is 2.52. The molecule has 3 aromatic carbocycles. The molecule has 1 atom stereocenters. The summed E-state index contributed by atoms with van der Waals surface area (Å²) in [6.45, 7) is 1.84. The van der Waals surface area contributed by atoms with Crippen molar-refractivity contribution in [2.45, 2.75) is 13.0 Å². The first-order valence-corrected chi connectivity index (χ1v) is 7.02. The van der Waals surface area contributed by atoms with Crippen molar-refractivity contribution >= 4 is 10.8 Å². The van der Waals surface area contributed by atoms with Crippen LogP contribution in [0.1, 0.15) is 18.5 Å². The van der Waals surface area contributed by atoms with Crippen LogP contribution in [-0.2, 0) is 0 Å². The molecule has 0 bridgehead atoms. The lowest BCUT2D eigenvalue weighted by molar-refractivity contribution is 0.628. The molecule has 0 N–H and O–H groups in total. The van der Waals surface area contributed by atoms with Crippen LogP contribution in [0, 0.1) is 5.82 Å². The number of hydrogen-bond acceptors (Lipinski definition) is 1. The second-order valence-electron chi connectivity index (χ2n) is 5.14. The maximum Gasteiger partial charge on any atom is 0.123 e. The number of azide groups is 1. The van der Waals surface area contributed by atoms with Crippen molar-refractivity contribution in [2.75, 3.05) is 0 Å². The summed E-state index contributed by atoms with van der Waals surface area (Å²) in [7, 11) is 0. The lowest BCUT2D eigenvalue weighted by Gasteiger charge is -2.16. The number of nitrogens with zero attached hydrogens (tertiary/aromatic N) is 3. The molecule has 0 aliphatic carbocycles. The highest BCUT2D eigenvalue weighted by molar-refractivity contribution is 5.98. The summed E-state index contributed by atoms with van der Waals surface area (Å²) in [6, 6.07) is 18.0. The summed E-state index contributed by atoms with van der Waals surface area (Å²) >= 11 is 0. The van der Waals surface area contributed by atoms with Crippen LogP contribution in [-0.4, -0.2) is 0 Å². The minimum absolute atomic E-state index is 0.284. The Bertz CT molecular complexity index is 882. The molecule has 0 amide bonds. The molecule has 0 saturated heterocycles. The summed E-state index contributed by atoms with van der Waals surface area (Å²) in [5.41, 5.74) is 11.3. The first-order valence-electron chi connectivity index (χ1n) is 7.02. The molecule has 22 heavy (non-hydrogen) atoms. The van der Waals surface area contributed by atoms with E-state index in [1.54, 1.807) is 6.07 Å². The predicted octanol–water partition coefficient (Wildman–Crippen LogP) is 6.02. The van der Waals surface area contributed by atoms with Crippen molar-refractivity contribution in [3.05, 3.63) is 82.5 Å². The zero-order valence-electron chi connectivity index (χ0n) is 12.1. The minimum Gasteiger partial charge on any atom is -0.207 e. The van der Waals surface area contributed by atoms with Crippen LogP contribution in [0.4, 0.5) is 4.39 Å². The van der Waals surface area contributed by atoms with Gasteiger partial charge < -0.3 is 0 Å². The van der Waals surface area contributed by atoms with E-state index >= 15 is 0 Å². The van der Waals surface area contributed by atoms with Crippen molar-refractivity contribution in [3.8, 4) is 11.1 Å². The average Bonchev–Trinajstić information content (AvgIpc) is 2.54. The molecular formula is C18H14FN3. The molecule has 108 valence electrons. The summed E-state index contributed by atoms with van der Waals surface area (Å²) < 4.78 is 13.7. The van der Waals surface area contributed by atoms with Gasteiger partial charge in [-0.1, -0.05) is 60.6 Å². The number of fused-ring (bicyclic) bond motifs is 1. The van der Waals surface area contributed by atoms with E-state index < -0.39 is 0 Å². The lowest BCUT2D eigenvalue weighted by atomic mass is 9.90. The Morgan fingerprint density at radius 1 is 1.05 bits per heavy atom. The van der Waals surface area contributed by atoms with Gasteiger partial charge in [0.2, 0.25) is 0 Å². The number of hydrogen-bond donors (Lipinski definition) is 0. The van der Waals surface area contributed by atoms with Crippen LogP contribution >= 0.6 is 0 Å². The van der Waals surface area contributed by atoms with Crippen molar-refractivity contribution in [1.82, 2.24) is 0 Å². The third-order valence-corrected chi connectivity index (χ3v) is 3.75. The molecular weight excluding hydrogens is 277 g/mol. The number of benzene rings is 3. The van der Waals surface area contributed by atoms with E-state index in [2.05, 4.69) is 10.0 Å². The van der Waals surface area contributed by atoms with Gasteiger partial charge in [0.05, 0.1) is 6.04 Å². The van der Waals surface area contributed by atoms with Crippen LogP contribution in [0.25, 0.3) is 32.3 Å². The molecule has 0 radical (unpaired) electrons. The molecule has 3 aromatic rings. The molecule has 0 aromatic heterocycles. The van der Waals surface area contributed by atoms with E-state index in [-0.39, 0.29) is 11.9 Å². The second-order valence-corrected chi connectivity index (χ2v) is 5.14. The maximum atomic E-state index is 13.7. The molecule has 0 fully saturated rings. The summed E-state index contributed by atoms with van der Waals surface area (Å²) in [5.74, 6) is -0.284. The molecule has 3 rings (SSSR count). The van der Waals surface area contributed by atoms with Gasteiger partial charge in [-0.25, -0.2) is 4.39 Å². The van der Waals surface area contributed by atoms with Crippen molar-refractivity contribution in [3.63, 3.8) is 0 Å². The minimum atomic E-state index is -0.326. The fraction of sp³-hybridized carbons (Fsp3) is 0.111. The van der Waals surface area contributed by atoms with Crippen LogP contribution < -0.4 is 0 Å². The van der Waals surface area contributed by atoms with Crippen LogP contribution in [0.15, 0.2) is 65.8 Å². The van der Waals surface area contributed by atoms with Gasteiger partial charge in [0.25, 0.3) is 0 Å². The molecule has 4 heteroatoms. The molecule has 0 aliphatic heterocycles. The van der Waals surface area contributed by atoms with Gasteiger partial charge in [-0.15, -0.1) is 0 Å². The summed E-state index contributed by atoms with van der Waals surface area (Å²) in [6.07, 6.45) is 0. The van der Waals surface area contributed by atoms with E-state index in [1.807, 2.05) is 49.4 Å². The van der Waals surface area contributed by atoms with Gasteiger partial charge in [-0.3, -0.25) is 0 Å². The monoisotopic (exact) mass is 291 g/mol. The quantitative estimate of drug-likeness (QED) is 0.322. The number of rotatable bonds is 3. The Morgan fingerprint density at radius 2 is 1.86 bits per heavy atom. The van der Waals surface area contributed by atoms with Crippen LogP contribution in [0.5, 0.6) is 0 Å². The zero-order valence-corrected chi connectivity index (χ0v) is 12.1. The standard InChI is InChI=1S/C18H14FN3/c1-12(21-22-20)16-10-9-13-5-2-3-8-17(13)18(16)14-6-4-7-15(19)11-14/h2-12H,1H3. The molecule has 1 unspecified atom stereocenters. The first kappa shape index (κ1) is 14.1. The normalized spacial score (nSPS) is 11.9. The Kier molecular flexibility index (Phi) is 3.77. The largest absolute Gasteiger partial charge is 0.207 e. The molecule has 0 saturated carbocycles. The van der Waals surface area contributed by atoms with Gasteiger partial charge in [0.1, 0.15) is 5.82 Å². The van der Waals surface area contributed by atoms with Gasteiger partial charge in [0, 0.05) is 4.91 Å². The Labute approximate surface area is 127 Å². The predicted molar refractivity (Wildman–Crippen MR) is 86.9 cm³/mol. The molecule has 3 nitrogen and oxygen atoms in total. The summed E-state index contributed by atoms with van der Waals surface area (Å²) in [5, 5.41) is 5.88. The van der Waals surface area contributed by atoms with Gasteiger partial charge in [-0.2, -0.15) is 0 Å². The van der Waals surface area contributed by atoms with E-state index in [4.69, 9.17) is 5.53 Å². The van der Waals surface area contributed by atoms with E-state index in [0.29, 0.717) is 0 Å². The van der Waals surface area contributed by atoms with E-state index in [9.17, 15) is 4.39 Å². The van der Waals surface area contributed by atoms with Crippen LogP contribution in [0.3, 0.4) is 0 Å². The average molecular weight is 291 g/mol. The SMILES string of the molecule is CC(N=[N+]=[N-])c1ccc2ccccc2c1-c1cccc(F)c1. The fourth-order valence-electron chi connectivity index (χ4n) is 2.74. The van der Waals surface area contributed by atoms with Crippen LogP contribution in [0.2, 0.25) is 0 Å². The zero-order chi connectivity index (χ0) is 15.5. The highest BCUT2D eigenvalue weighted by Crippen LogP contribution is 2.36. The second kappa shape index (κ2) is 5.88. The van der Waals surface area contributed by atoms with Crippen molar-refractivity contribution in [1.29, 1.82) is 0 Å². The van der Waals surface area contributed by atoms with Gasteiger partial charge in [0.15, 0.2) is 0 Å². The highest BCUT2D eigenvalue weighted by atomic mass is 19.1. The fourth-order valence-corrected chi connectivity index (χ4v) is 2.74. The highest BCUT2D eigenvalue weighted by Gasteiger charge is 2.14. The maximum absolute atomic E-state index is 13.7. The number of halogens is 1. The van der Waals surface area contributed by atoms with Crippen molar-refractivity contribution in [2.24, 2.45) is 5.11 Å². The topological polar surface area (TPSA) is 48.8 Å². The lowest BCUT2D eigenvalue weighted by Crippen LogP contribution is -1.95. The molecule has 0 aliphatic rings. The first-order chi connectivity index (χ1) is 10.7. The Balaban J connectivity index is 2.36. The van der Waals surface area contributed by atoms with Gasteiger partial charge >= 0.3 is 0 Å². The van der Waals surface area contributed by atoms with Gasteiger partial charge in [-0.05, 0) is 45.1 Å². The van der Waals surface area contributed by atoms with Crippen molar-refractivity contribution < 1.29 is 4.39 Å². The molecule has 0 heterocycles. The van der Waals surface area contributed by atoms with E-state index in [0.717, 1.165) is 27.5 Å². The third-order valence-electron chi connectivity index (χ3n) is 3.75. The Hall–Kier alpha value is -2.84. The summed E-state index contributed by atoms with van der Waals surface area (Å²) in [4.78, 5) is 2.90. The Morgan fingerprint density at radius 3 is 2.64 bits per heavy atom.